The summed E-state index contributed by atoms with van der Waals surface area (Å²) in [5.41, 5.74) is 1.31. The van der Waals surface area contributed by atoms with E-state index in [9.17, 15) is 17.6 Å². The van der Waals surface area contributed by atoms with Crippen molar-refractivity contribution < 1.29 is 27.0 Å². The monoisotopic (exact) mass is 444 g/mol. The number of imidazole rings is 1. The van der Waals surface area contributed by atoms with Crippen LogP contribution in [0.1, 0.15) is 11.3 Å². The highest BCUT2D eigenvalue weighted by atomic mass is 19.4. The van der Waals surface area contributed by atoms with Gasteiger partial charge in [0.15, 0.2) is 0 Å². The van der Waals surface area contributed by atoms with Gasteiger partial charge in [-0.1, -0.05) is 0 Å². The zero-order valence-corrected chi connectivity index (χ0v) is 16.7. The summed E-state index contributed by atoms with van der Waals surface area (Å²) in [6.07, 6.45) is -0.384. The molecule has 3 aromatic heterocycles. The average Bonchev–Trinajstić information content (AvgIpc) is 3.27. The van der Waals surface area contributed by atoms with Crippen LogP contribution in [0.5, 0.6) is 11.5 Å². The van der Waals surface area contributed by atoms with Gasteiger partial charge in [0.2, 0.25) is 5.95 Å². The number of aromatic nitrogens is 4. The van der Waals surface area contributed by atoms with E-state index in [2.05, 4.69) is 19.9 Å². The second kappa shape index (κ2) is 8.66. The fourth-order valence-electron chi connectivity index (χ4n) is 3.00. The summed E-state index contributed by atoms with van der Waals surface area (Å²) in [5.74, 6) is 0.780. The van der Waals surface area contributed by atoms with Crippen molar-refractivity contribution in [3.63, 3.8) is 0 Å². The molecule has 0 atom stereocenters. The van der Waals surface area contributed by atoms with Crippen molar-refractivity contribution >= 4 is 0 Å². The van der Waals surface area contributed by atoms with Crippen LogP contribution in [0.25, 0.3) is 22.6 Å². The first-order chi connectivity index (χ1) is 15.3. The number of nitrogens with zero attached hydrogens (tertiary/aromatic N) is 3. The molecule has 0 bridgehead atoms. The number of ether oxygens (including phenoxy) is 2. The Kier molecular flexibility index (Phi) is 5.76. The van der Waals surface area contributed by atoms with E-state index in [1.165, 1.54) is 19.4 Å². The van der Waals surface area contributed by atoms with Gasteiger partial charge < -0.3 is 14.5 Å². The van der Waals surface area contributed by atoms with Crippen LogP contribution in [0.4, 0.5) is 17.6 Å². The molecule has 10 heteroatoms. The molecule has 0 saturated heterocycles. The fourth-order valence-corrected chi connectivity index (χ4v) is 3.00. The van der Waals surface area contributed by atoms with Crippen molar-refractivity contribution in [3.05, 3.63) is 78.3 Å². The molecule has 0 saturated carbocycles. The molecule has 0 aliphatic heterocycles. The number of methoxy groups -OCH3 is 1. The predicted molar refractivity (Wildman–Crippen MR) is 107 cm³/mol. The third-order valence-corrected chi connectivity index (χ3v) is 4.57. The van der Waals surface area contributed by atoms with Gasteiger partial charge in [-0.3, -0.25) is 4.98 Å². The van der Waals surface area contributed by atoms with Gasteiger partial charge in [0.05, 0.1) is 30.3 Å². The summed E-state index contributed by atoms with van der Waals surface area (Å²) in [6, 6.07) is 9.65. The number of nitrogens with one attached hydrogen (secondary N) is 1. The molecule has 0 aliphatic rings. The van der Waals surface area contributed by atoms with Crippen LogP contribution in [0.15, 0.2) is 61.1 Å². The molecule has 0 aliphatic carbocycles. The fraction of sp³-hybridized carbons (Fsp3) is 0.136. The van der Waals surface area contributed by atoms with Gasteiger partial charge in [0, 0.05) is 29.6 Å². The zero-order chi connectivity index (χ0) is 22.7. The van der Waals surface area contributed by atoms with E-state index in [0.29, 0.717) is 34.1 Å². The van der Waals surface area contributed by atoms with E-state index < -0.39 is 17.7 Å². The van der Waals surface area contributed by atoms with Crippen LogP contribution in [0.3, 0.4) is 0 Å². The number of hydrogen-bond donors (Lipinski definition) is 1. The Bertz CT molecular complexity index is 1220. The largest absolute Gasteiger partial charge is 0.496 e. The zero-order valence-electron chi connectivity index (χ0n) is 16.7. The third kappa shape index (κ3) is 4.69. The molecule has 1 aromatic carbocycles. The Balaban J connectivity index is 1.52. The smallest absolute Gasteiger partial charge is 0.416 e. The number of aromatic amines is 1. The van der Waals surface area contributed by atoms with Crippen LogP contribution in [0, 0.1) is 5.95 Å². The number of H-pyrrole nitrogens is 1. The Labute approximate surface area is 179 Å². The average molecular weight is 444 g/mol. The lowest BCUT2D eigenvalue weighted by atomic mass is 10.1. The normalized spacial score (nSPS) is 11.4. The highest BCUT2D eigenvalue weighted by molar-refractivity contribution is 5.70. The number of rotatable bonds is 6. The van der Waals surface area contributed by atoms with Crippen molar-refractivity contribution in [1.82, 2.24) is 19.9 Å². The van der Waals surface area contributed by atoms with E-state index in [4.69, 9.17) is 9.47 Å². The molecule has 1 N–H and O–H groups in total. The Hall–Kier alpha value is -3.95. The molecule has 4 rings (SSSR count). The van der Waals surface area contributed by atoms with E-state index in [1.54, 1.807) is 30.5 Å². The molecule has 0 spiro atoms. The van der Waals surface area contributed by atoms with E-state index in [0.717, 1.165) is 18.3 Å². The molecule has 4 aromatic rings. The summed E-state index contributed by atoms with van der Waals surface area (Å²) in [4.78, 5) is 14.9. The van der Waals surface area contributed by atoms with Crippen LogP contribution < -0.4 is 9.47 Å². The predicted octanol–water partition coefficient (Wildman–Crippen LogP) is 5.28. The van der Waals surface area contributed by atoms with Gasteiger partial charge in [-0.05, 0) is 36.4 Å². The standard InChI is InChI=1S/C22H16F4N4O2/c1-31-19-9-16(32-12-15-8-14(6-7-27-15)22(24,25)26)3-4-17(19)18-11-29-21(30-18)13-2-5-20(23)28-10-13/h2-11H,12H2,1H3,(H,29,30). The number of benzene rings is 1. The van der Waals surface area contributed by atoms with Crippen molar-refractivity contribution in [2.45, 2.75) is 12.8 Å². The minimum atomic E-state index is -4.45. The van der Waals surface area contributed by atoms with Crippen LogP contribution in [0.2, 0.25) is 0 Å². The van der Waals surface area contributed by atoms with E-state index in [-0.39, 0.29) is 12.3 Å². The van der Waals surface area contributed by atoms with Gasteiger partial charge in [0.1, 0.15) is 23.9 Å². The highest BCUT2D eigenvalue weighted by Crippen LogP contribution is 2.34. The van der Waals surface area contributed by atoms with Crippen LogP contribution in [-0.4, -0.2) is 27.0 Å². The second-order valence-electron chi connectivity index (χ2n) is 6.70. The first kappa shape index (κ1) is 21.3. The third-order valence-electron chi connectivity index (χ3n) is 4.57. The van der Waals surface area contributed by atoms with Crippen molar-refractivity contribution in [1.29, 1.82) is 0 Å². The number of hydrogen-bond acceptors (Lipinski definition) is 5. The molecule has 0 unspecified atom stereocenters. The molecule has 6 nitrogen and oxygen atoms in total. The maximum absolute atomic E-state index is 13.0. The van der Waals surface area contributed by atoms with Gasteiger partial charge in [-0.2, -0.15) is 17.6 Å². The van der Waals surface area contributed by atoms with E-state index in [1.807, 2.05) is 0 Å². The number of pyridine rings is 2. The van der Waals surface area contributed by atoms with Crippen LogP contribution >= 0.6 is 0 Å². The number of alkyl halides is 3. The maximum atomic E-state index is 13.0. The highest BCUT2D eigenvalue weighted by Gasteiger charge is 2.30. The Morgan fingerprint density at radius 1 is 0.969 bits per heavy atom. The SMILES string of the molecule is COc1cc(OCc2cc(C(F)(F)F)ccn2)ccc1-c1cnc(-c2ccc(F)nc2)[nH]1. The lowest BCUT2D eigenvalue weighted by Gasteiger charge is -2.12. The molecular formula is C22H16F4N4O2. The molecule has 3 heterocycles. The molecule has 32 heavy (non-hydrogen) atoms. The Morgan fingerprint density at radius 2 is 1.81 bits per heavy atom. The van der Waals surface area contributed by atoms with Crippen molar-refractivity contribution in [3.8, 4) is 34.1 Å². The molecule has 0 amide bonds. The summed E-state index contributed by atoms with van der Waals surface area (Å²) in [7, 11) is 1.48. The number of halogens is 4. The van der Waals surface area contributed by atoms with Gasteiger partial charge in [0.25, 0.3) is 0 Å². The molecule has 0 fully saturated rings. The lowest BCUT2D eigenvalue weighted by molar-refractivity contribution is -0.137. The summed E-state index contributed by atoms with van der Waals surface area (Å²) < 4.78 is 62.6. The molecule has 0 radical (unpaired) electrons. The van der Waals surface area contributed by atoms with Gasteiger partial charge in [-0.15, -0.1) is 0 Å². The first-order valence-corrected chi connectivity index (χ1v) is 9.34. The first-order valence-electron chi connectivity index (χ1n) is 9.34. The second-order valence-corrected chi connectivity index (χ2v) is 6.70. The van der Waals surface area contributed by atoms with Gasteiger partial charge in [-0.25, -0.2) is 9.97 Å². The van der Waals surface area contributed by atoms with Gasteiger partial charge >= 0.3 is 6.18 Å². The minimum absolute atomic E-state index is 0.141. The molecular weight excluding hydrogens is 428 g/mol. The summed E-state index contributed by atoms with van der Waals surface area (Å²) in [5, 5.41) is 0. The van der Waals surface area contributed by atoms with Crippen molar-refractivity contribution in [2.24, 2.45) is 0 Å². The minimum Gasteiger partial charge on any atom is -0.496 e. The quantitative estimate of drug-likeness (QED) is 0.324. The summed E-state index contributed by atoms with van der Waals surface area (Å²) >= 11 is 0. The summed E-state index contributed by atoms with van der Waals surface area (Å²) in [6.45, 7) is -0.141. The topological polar surface area (TPSA) is 72.9 Å². The van der Waals surface area contributed by atoms with E-state index >= 15 is 0 Å². The van der Waals surface area contributed by atoms with Crippen LogP contribution in [-0.2, 0) is 12.8 Å². The van der Waals surface area contributed by atoms with Crippen molar-refractivity contribution in [2.75, 3.05) is 7.11 Å². The Morgan fingerprint density at radius 3 is 2.53 bits per heavy atom. The molecule has 164 valence electrons. The maximum Gasteiger partial charge on any atom is 0.416 e. The lowest BCUT2D eigenvalue weighted by Crippen LogP contribution is -2.07.